The molecule has 3 amide bonds. The molecule has 3 aliphatic heterocycles. The Hall–Kier alpha value is -4.72. The first kappa shape index (κ1) is 34.2. The lowest BCUT2D eigenvalue weighted by molar-refractivity contribution is -0.137. The van der Waals surface area contributed by atoms with E-state index in [4.69, 9.17) is 4.98 Å². The molecule has 11 nitrogen and oxygen atoms in total. The normalized spacial score (nSPS) is 20.9. The predicted molar refractivity (Wildman–Crippen MR) is 179 cm³/mol. The number of pyridine rings is 1. The molecule has 14 heteroatoms. The number of carbonyl (C=O) groups excluding carboxylic acids is 3. The number of alkyl halides is 3. The lowest BCUT2D eigenvalue weighted by Crippen LogP contribution is -2.52. The summed E-state index contributed by atoms with van der Waals surface area (Å²) in [5.41, 5.74) is 2.83. The third-order valence-corrected chi connectivity index (χ3v) is 9.44. The van der Waals surface area contributed by atoms with Crippen LogP contribution in [0.25, 0.3) is 0 Å². The van der Waals surface area contributed by atoms with Crippen molar-refractivity contribution in [3.8, 4) is 0 Å². The molecule has 1 saturated heterocycles. The second-order valence-corrected chi connectivity index (χ2v) is 13.6. The summed E-state index contributed by atoms with van der Waals surface area (Å²) in [5.74, 6) is -0.819. The molecule has 49 heavy (non-hydrogen) atoms. The van der Waals surface area contributed by atoms with Crippen LogP contribution >= 0.6 is 0 Å². The van der Waals surface area contributed by atoms with Crippen molar-refractivity contribution in [3.05, 3.63) is 77.0 Å². The Bertz CT molecular complexity index is 1820. The molecule has 3 atom stereocenters. The Balaban J connectivity index is 1.30. The lowest BCUT2D eigenvalue weighted by Gasteiger charge is -2.39. The molecule has 5 heterocycles. The highest BCUT2D eigenvalue weighted by molar-refractivity contribution is 6.10. The van der Waals surface area contributed by atoms with Crippen LogP contribution in [0.3, 0.4) is 0 Å². The van der Waals surface area contributed by atoms with Crippen LogP contribution in [0, 0.1) is 19.8 Å². The molecule has 6 rings (SSSR count). The lowest BCUT2D eigenvalue weighted by atomic mass is 9.95. The monoisotopic (exact) mass is 678 g/mol. The Labute approximate surface area is 283 Å². The topological polar surface area (TPSA) is 107 Å². The number of anilines is 3. The standard InChI is InChI=1S/C35H41F3N8O3/c1-20-8-7-9-27-31(20)45(19-26-18-44-17-25(10-11-28(44)40-26)41-33(48)21(2)15-42(4)5)16-23-13-30(47)46(32(23)34(49)43(27)6)29-14-24(35(36,37)38)12-22(3)39-29/h7-9,12,14,18,23,25,32H,2,10-11,13,15-17,19H2,1,3-6H3,(H,41,48)/t23-,25-,32+/m1/s1. The van der Waals surface area contributed by atoms with Gasteiger partial charge in [-0.25, -0.2) is 9.97 Å². The summed E-state index contributed by atoms with van der Waals surface area (Å²) in [7, 11) is 5.40. The number of imidazole rings is 1. The molecule has 0 spiro atoms. The average molecular weight is 679 g/mol. The molecule has 2 aromatic heterocycles. The molecule has 3 aromatic rings. The van der Waals surface area contributed by atoms with E-state index in [0.29, 0.717) is 37.3 Å². The van der Waals surface area contributed by atoms with E-state index in [-0.39, 0.29) is 36.4 Å². The maximum atomic E-state index is 14.2. The van der Waals surface area contributed by atoms with Gasteiger partial charge in [-0.15, -0.1) is 0 Å². The van der Waals surface area contributed by atoms with Gasteiger partial charge in [0.15, 0.2) is 0 Å². The first-order valence-electron chi connectivity index (χ1n) is 16.3. The summed E-state index contributed by atoms with van der Waals surface area (Å²) in [4.78, 5) is 56.3. The highest BCUT2D eigenvalue weighted by atomic mass is 19.4. The van der Waals surface area contributed by atoms with E-state index in [0.717, 1.165) is 46.2 Å². The van der Waals surface area contributed by atoms with Crippen LogP contribution in [0.5, 0.6) is 0 Å². The van der Waals surface area contributed by atoms with Gasteiger partial charge in [0.1, 0.15) is 17.7 Å². The van der Waals surface area contributed by atoms with Crippen molar-refractivity contribution >= 4 is 34.9 Å². The fourth-order valence-corrected chi connectivity index (χ4v) is 7.28. The number of hydrogen-bond donors (Lipinski definition) is 1. The van der Waals surface area contributed by atoms with Gasteiger partial charge in [0.25, 0.3) is 0 Å². The van der Waals surface area contributed by atoms with Gasteiger partial charge in [-0.1, -0.05) is 18.7 Å². The highest BCUT2D eigenvalue weighted by Gasteiger charge is 2.49. The molecule has 260 valence electrons. The number of benzene rings is 1. The van der Waals surface area contributed by atoms with Crippen molar-refractivity contribution in [3.63, 3.8) is 0 Å². The molecule has 0 radical (unpaired) electrons. The summed E-state index contributed by atoms with van der Waals surface area (Å²) < 4.78 is 43.4. The summed E-state index contributed by atoms with van der Waals surface area (Å²) in [6.07, 6.45) is -1.28. The predicted octanol–water partition coefficient (Wildman–Crippen LogP) is 3.87. The quantitative estimate of drug-likeness (QED) is 0.379. The fraction of sp³-hybridized carbons (Fsp3) is 0.457. The SMILES string of the molecule is C=C(CN(C)C)C(=O)N[C@@H]1CCc2nc(CN3C[C@H]4CC(=O)N(c5cc(C(F)(F)F)cc(C)n5)[C@@H]4C(=O)N(C)c4cccc(C)c43)cn2C1. The molecule has 1 N–H and O–H groups in total. The van der Waals surface area contributed by atoms with Gasteiger partial charge in [0.2, 0.25) is 17.7 Å². The average Bonchev–Trinajstić information content (AvgIpc) is 3.57. The summed E-state index contributed by atoms with van der Waals surface area (Å²) in [6, 6.07) is 6.29. The van der Waals surface area contributed by atoms with Gasteiger partial charge in [-0.3, -0.25) is 19.3 Å². The number of aryl methyl sites for hydroxylation is 3. The molecule has 0 aliphatic carbocycles. The molecule has 0 saturated carbocycles. The van der Waals surface area contributed by atoms with Crippen molar-refractivity contribution in [1.29, 1.82) is 0 Å². The largest absolute Gasteiger partial charge is 0.416 e. The van der Waals surface area contributed by atoms with Crippen LogP contribution in [0.4, 0.5) is 30.4 Å². The van der Waals surface area contributed by atoms with Crippen molar-refractivity contribution in [2.24, 2.45) is 5.92 Å². The summed E-state index contributed by atoms with van der Waals surface area (Å²) in [5, 5.41) is 3.10. The molecule has 3 aliphatic rings. The Morgan fingerprint density at radius 1 is 1.12 bits per heavy atom. The van der Waals surface area contributed by atoms with Crippen molar-refractivity contribution in [1.82, 2.24) is 24.8 Å². The second-order valence-electron chi connectivity index (χ2n) is 13.6. The van der Waals surface area contributed by atoms with E-state index < -0.39 is 35.5 Å². The van der Waals surface area contributed by atoms with Crippen molar-refractivity contribution in [2.75, 3.05) is 48.9 Å². The number of likely N-dealkylation sites (N-methyl/N-ethyl adjacent to an activating group) is 2. The minimum Gasteiger partial charge on any atom is -0.363 e. The van der Waals surface area contributed by atoms with Crippen LogP contribution < -0.4 is 20.0 Å². The zero-order chi connectivity index (χ0) is 35.4. The number of carbonyl (C=O) groups is 3. The number of nitrogens with one attached hydrogen (secondary N) is 1. The van der Waals surface area contributed by atoms with Gasteiger partial charge in [-0.2, -0.15) is 13.2 Å². The van der Waals surface area contributed by atoms with Crippen molar-refractivity contribution in [2.45, 2.75) is 64.5 Å². The molecular weight excluding hydrogens is 637 g/mol. The van der Waals surface area contributed by atoms with Gasteiger partial charge < -0.3 is 24.6 Å². The number of rotatable bonds is 7. The maximum absolute atomic E-state index is 14.2. The van der Waals surface area contributed by atoms with Crippen molar-refractivity contribution < 1.29 is 27.6 Å². The van der Waals surface area contributed by atoms with Gasteiger partial charge in [-0.05, 0) is 58.1 Å². The van der Waals surface area contributed by atoms with Crippen LogP contribution in [0.15, 0.2) is 48.7 Å². The van der Waals surface area contributed by atoms with Crippen LogP contribution in [-0.2, 0) is 40.1 Å². The van der Waals surface area contributed by atoms with E-state index in [1.54, 1.807) is 7.05 Å². The number of para-hydroxylation sites is 1. The van der Waals surface area contributed by atoms with Gasteiger partial charge in [0, 0.05) is 68.9 Å². The third-order valence-electron chi connectivity index (χ3n) is 9.44. The zero-order valence-corrected chi connectivity index (χ0v) is 28.3. The Morgan fingerprint density at radius 3 is 2.59 bits per heavy atom. The first-order chi connectivity index (χ1) is 23.1. The van der Waals surface area contributed by atoms with E-state index in [1.165, 1.54) is 11.8 Å². The number of nitrogens with zero attached hydrogens (tertiary/aromatic N) is 7. The Morgan fingerprint density at radius 2 is 1.88 bits per heavy atom. The second kappa shape index (κ2) is 13.0. The molecule has 0 unspecified atom stereocenters. The molecule has 1 fully saturated rings. The molecular formula is C35H41F3N8O3. The minimum absolute atomic E-state index is 0.0287. The number of amides is 3. The summed E-state index contributed by atoms with van der Waals surface area (Å²) in [6.45, 7) is 9.00. The summed E-state index contributed by atoms with van der Waals surface area (Å²) >= 11 is 0. The number of halogens is 3. The minimum atomic E-state index is -4.64. The Kier molecular flexibility index (Phi) is 9.03. The van der Waals surface area contributed by atoms with Crippen LogP contribution in [0.1, 0.15) is 41.2 Å². The third kappa shape index (κ3) is 6.78. The first-order valence-corrected chi connectivity index (χ1v) is 16.3. The molecule has 1 aromatic carbocycles. The van der Waals surface area contributed by atoms with Crippen LogP contribution in [-0.4, -0.2) is 83.5 Å². The van der Waals surface area contributed by atoms with Gasteiger partial charge >= 0.3 is 6.18 Å². The van der Waals surface area contributed by atoms with Gasteiger partial charge in [0.05, 0.1) is 29.2 Å². The number of aromatic nitrogens is 3. The van der Waals surface area contributed by atoms with E-state index in [2.05, 4.69) is 26.3 Å². The highest BCUT2D eigenvalue weighted by Crippen LogP contribution is 2.42. The molecule has 0 bridgehead atoms. The maximum Gasteiger partial charge on any atom is 0.416 e. The smallest absolute Gasteiger partial charge is 0.363 e. The number of fused-ring (bicyclic) bond motifs is 3. The van der Waals surface area contributed by atoms with E-state index >= 15 is 0 Å². The zero-order valence-electron chi connectivity index (χ0n) is 28.3. The fourth-order valence-electron chi connectivity index (χ4n) is 7.28. The number of hydrogen-bond acceptors (Lipinski definition) is 7. The van der Waals surface area contributed by atoms with E-state index in [9.17, 15) is 27.6 Å². The van der Waals surface area contributed by atoms with Crippen LogP contribution in [0.2, 0.25) is 0 Å². The van der Waals surface area contributed by atoms with E-state index in [1.807, 2.05) is 50.3 Å².